The number of benzene rings is 1. The number of nitrogens with zero attached hydrogens (tertiary/aromatic N) is 1. The molecule has 0 aliphatic heterocycles. The van der Waals surface area contributed by atoms with Gasteiger partial charge < -0.3 is 15.1 Å². The number of amides is 1. The molecule has 1 aromatic heterocycles. The van der Waals surface area contributed by atoms with Crippen molar-refractivity contribution >= 4 is 11.6 Å². The predicted molar refractivity (Wildman–Crippen MR) is 74.8 cm³/mol. The number of furan rings is 1. The van der Waals surface area contributed by atoms with Crippen LogP contribution < -0.4 is 5.73 Å². The van der Waals surface area contributed by atoms with E-state index in [9.17, 15) is 4.79 Å². The molecule has 0 fully saturated rings. The van der Waals surface area contributed by atoms with Gasteiger partial charge in [0.1, 0.15) is 11.5 Å². The van der Waals surface area contributed by atoms with Crippen LogP contribution in [0, 0.1) is 13.8 Å². The van der Waals surface area contributed by atoms with Crippen LogP contribution in [0.2, 0.25) is 0 Å². The minimum atomic E-state index is -0.0566. The molecule has 19 heavy (non-hydrogen) atoms. The van der Waals surface area contributed by atoms with Crippen LogP contribution in [0.25, 0.3) is 0 Å². The number of rotatable bonds is 3. The molecule has 1 aromatic carbocycles. The van der Waals surface area contributed by atoms with Gasteiger partial charge in [0, 0.05) is 18.3 Å². The molecular weight excluding hydrogens is 240 g/mol. The van der Waals surface area contributed by atoms with E-state index in [4.69, 9.17) is 10.2 Å². The van der Waals surface area contributed by atoms with E-state index in [1.54, 1.807) is 24.1 Å². The highest BCUT2D eigenvalue weighted by molar-refractivity contribution is 5.96. The molecule has 1 amide bonds. The molecule has 4 heteroatoms. The van der Waals surface area contributed by atoms with Gasteiger partial charge in [-0.1, -0.05) is 6.07 Å². The number of anilines is 1. The lowest BCUT2D eigenvalue weighted by Gasteiger charge is -2.17. The number of carbonyl (C=O) groups excluding carboxylic acids is 1. The van der Waals surface area contributed by atoms with Gasteiger partial charge in [0.15, 0.2) is 0 Å². The number of hydrogen-bond acceptors (Lipinski definition) is 3. The van der Waals surface area contributed by atoms with E-state index in [1.165, 1.54) is 0 Å². The van der Waals surface area contributed by atoms with E-state index in [1.807, 2.05) is 32.0 Å². The van der Waals surface area contributed by atoms with Gasteiger partial charge in [0.05, 0.1) is 6.54 Å². The Bertz CT molecular complexity index is 602. The Labute approximate surface area is 112 Å². The van der Waals surface area contributed by atoms with Crippen molar-refractivity contribution < 1.29 is 9.21 Å². The first-order valence-corrected chi connectivity index (χ1v) is 6.14. The zero-order chi connectivity index (χ0) is 14.0. The highest BCUT2D eigenvalue weighted by atomic mass is 16.3. The van der Waals surface area contributed by atoms with Crippen molar-refractivity contribution in [1.82, 2.24) is 4.90 Å². The van der Waals surface area contributed by atoms with Crippen molar-refractivity contribution in [1.29, 1.82) is 0 Å². The van der Waals surface area contributed by atoms with Gasteiger partial charge in [-0.15, -0.1) is 0 Å². The fourth-order valence-corrected chi connectivity index (χ4v) is 1.95. The lowest BCUT2D eigenvalue weighted by atomic mass is 10.1. The highest BCUT2D eigenvalue weighted by Gasteiger charge is 2.15. The molecule has 0 aliphatic carbocycles. The number of nitrogens with two attached hydrogens (primary N) is 1. The Morgan fingerprint density at radius 3 is 2.63 bits per heavy atom. The molecule has 0 saturated heterocycles. The average molecular weight is 258 g/mol. The highest BCUT2D eigenvalue weighted by Crippen LogP contribution is 2.16. The minimum Gasteiger partial charge on any atom is -0.464 e. The second-order valence-electron chi connectivity index (χ2n) is 4.75. The van der Waals surface area contributed by atoms with E-state index in [-0.39, 0.29) is 5.91 Å². The quantitative estimate of drug-likeness (QED) is 0.861. The molecule has 100 valence electrons. The Hall–Kier alpha value is -2.23. The molecule has 0 saturated carbocycles. The van der Waals surface area contributed by atoms with Gasteiger partial charge in [-0.25, -0.2) is 0 Å². The third kappa shape index (κ3) is 2.96. The van der Waals surface area contributed by atoms with Gasteiger partial charge in [0.25, 0.3) is 5.91 Å². The Morgan fingerprint density at radius 1 is 1.26 bits per heavy atom. The molecule has 4 nitrogen and oxygen atoms in total. The molecule has 0 spiro atoms. The largest absolute Gasteiger partial charge is 0.464 e. The van der Waals surface area contributed by atoms with Crippen LogP contribution in [-0.4, -0.2) is 17.9 Å². The van der Waals surface area contributed by atoms with Gasteiger partial charge in [-0.3, -0.25) is 4.79 Å². The average Bonchev–Trinajstić information content (AvgIpc) is 2.77. The summed E-state index contributed by atoms with van der Waals surface area (Å²) in [4.78, 5) is 14.0. The smallest absolute Gasteiger partial charge is 0.254 e. The van der Waals surface area contributed by atoms with Crippen molar-refractivity contribution in [3.8, 4) is 0 Å². The van der Waals surface area contributed by atoms with Gasteiger partial charge in [-0.05, 0) is 43.7 Å². The number of hydrogen-bond donors (Lipinski definition) is 1. The molecule has 2 aromatic rings. The SMILES string of the molecule is Cc1ccc(CN(C)C(=O)c2cc(N)ccc2C)o1. The Balaban J connectivity index is 2.16. The normalized spacial score (nSPS) is 10.5. The fourth-order valence-electron chi connectivity index (χ4n) is 1.95. The zero-order valence-corrected chi connectivity index (χ0v) is 11.4. The standard InChI is InChI=1S/C15H18N2O2/c1-10-4-6-12(16)8-14(10)15(18)17(3)9-13-7-5-11(2)19-13/h4-8H,9,16H2,1-3H3. The maximum atomic E-state index is 12.4. The molecule has 2 N–H and O–H groups in total. The molecule has 0 atom stereocenters. The summed E-state index contributed by atoms with van der Waals surface area (Å²) in [6.07, 6.45) is 0. The molecule has 1 heterocycles. The van der Waals surface area contributed by atoms with Gasteiger partial charge in [-0.2, -0.15) is 0 Å². The van der Waals surface area contributed by atoms with Crippen molar-refractivity contribution in [2.75, 3.05) is 12.8 Å². The third-order valence-electron chi connectivity index (χ3n) is 3.03. The maximum Gasteiger partial charge on any atom is 0.254 e. The van der Waals surface area contributed by atoms with Crippen LogP contribution >= 0.6 is 0 Å². The monoisotopic (exact) mass is 258 g/mol. The first kappa shape index (κ1) is 13.2. The van der Waals surface area contributed by atoms with Crippen LogP contribution in [0.1, 0.15) is 27.4 Å². The van der Waals surface area contributed by atoms with Crippen LogP contribution in [0.4, 0.5) is 5.69 Å². The molecule has 2 rings (SSSR count). The summed E-state index contributed by atoms with van der Waals surface area (Å²) < 4.78 is 5.48. The second-order valence-corrected chi connectivity index (χ2v) is 4.75. The molecule has 0 bridgehead atoms. The summed E-state index contributed by atoms with van der Waals surface area (Å²) >= 11 is 0. The Morgan fingerprint density at radius 2 is 2.00 bits per heavy atom. The summed E-state index contributed by atoms with van der Waals surface area (Å²) in [7, 11) is 1.75. The first-order chi connectivity index (χ1) is 8.97. The number of carbonyl (C=O) groups is 1. The van der Waals surface area contributed by atoms with E-state index in [0.29, 0.717) is 17.8 Å². The zero-order valence-electron chi connectivity index (χ0n) is 11.4. The maximum absolute atomic E-state index is 12.4. The summed E-state index contributed by atoms with van der Waals surface area (Å²) in [5, 5.41) is 0. The van der Waals surface area contributed by atoms with E-state index in [2.05, 4.69) is 0 Å². The van der Waals surface area contributed by atoms with Crippen molar-refractivity contribution in [3.63, 3.8) is 0 Å². The molecule has 0 aliphatic rings. The number of nitrogen functional groups attached to an aromatic ring is 1. The van der Waals surface area contributed by atoms with E-state index in [0.717, 1.165) is 17.1 Å². The van der Waals surface area contributed by atoms with E-state index >= 15 is 0 Å². The third-order valence-corrected chi connectivity index (χ3v) is 3.03. The van der Waals surface area contributed by atoms with Gasteiger partial charge >= 0.3 is 0 Å². The van der Waals surface area contributed by atoms with Crippen molar-refractivity contribution in [3.05, 3.63) is 53.0 Å². The second kappa shape index (κ2) is 5.18. The molecule has 0 unspecified atom stereocenters. The fraction of sp³-hybridized carbons (Fsp3) is 0.267. The summed E-state index contributed by atoms with van der Waals surface area (Å²) in [6, 6.07) is 9.13. The van der Waals surface area contributed by atoms with Crippen molar-refractivity contribution in [2.24, 2.45) is 0 Å². The molecular formula is C15H18N2O2. The lowest BCUT2D eigenvalue weighted by molar-refractivity contribution is 0.0774. The predicted octanol–water partition coefficient (Wildman–Crippen LogP) is 2.75. The summed E-state index contributed by atoms with van der Waals surface area (Å²) in [5.41, 5.74) is 7.87. The van der Waals surface area contributed by atoms with Crippen LogP contribution in [0.3, 0.4) is 0 Å². The van der Waals surface area contributed by atoms with Crippen LogP contribution in [0.15, 0.2) is 34.7 Å². The lowest BCUT2D eigenvalue weighted by Crippen LogP contribution is -2.26. The summed E-state index contributed by atoms with van der Waals surface area (Å²) in [6.45, 7) is 4.23. The topological polar surface area (TPSA) is 59.5 Å². The van der Waals surface area contributed by atoms with Crippen LogP contribution in [-0.2, 0) is 6.54 Å². The van der Waals surface area contributed by atoms with E-state index < -0.39 is 0 Å². The first-order valence-electron chi connectivity index (χ1n) is 6.14. The Kier molecular flexibility index (Phi) is 3.60. The minimum absolute atomic E-state index is 0.0566. The van der Waals surface area contributed by atoms with Crippen LogP contribution in [0.5, 0.6) is 0 Å². The number of aryl methyl sites for hydroxylation is 2. The molecule has 0 radical (unpaired) electrons. The van der Waals surface area contributed by atoms with Gasteiger partial charge in [0.2, 0.25) is 0 Å². The summed E-state index contributed by atoms with van der Waals surface area (Å²) in [5.74, 6) is 1.56. The van der Waals surface area contributed by atoms with Crippen molar-refractivity contribution in [2.45, 2.75) is 20.4 Å².